The Morgan fingerprint density at radius 1 is 1.59 bits per heavy atom. The molecule has 1 aliphatic heterocycles. The molecule has 1 aliphatic rings. The molecule has 96 valence electrons. The van der Waals surface area contributed by atoms with E-state index in [0.717, 1.165) is 37.8 Å². The Morgan fingerprint density at radius 2 is 2.41 bits per heavy atom. The van der Waals surface area contributed by atoms with Gasteiger partial charge in [-0.1, -0.05) is 0 Å². The van der Waals surface area contributed by atoms with Crippen LogP contribution >= 0.6 is 0 Å². The minimum Gasteiger partial charge on any atom is -0.393 e. The summed E-state index contributed by atoms with van der Waals surface area (Å²) in [5.74, 6) is 1.63. The zero-order chi connectivity index (χ0) is 12.3. The summed E-state index contributed by atoms with van der Waals surface area (Å²) in [5.41, 5.74) is 0. The predicted octanol–water partition coefficient (Wildman–Crippen LogP) is -0.0838. The Morgan fingerprint density at radius 3 is 3.12 bits per heavy atom. The molecule has 1 aromatic rings. The van der Waals surface area contributed by atoms with E-state index >= 15 is 0 Å². The Balaban J connectivity index is 1.92. The van der Waals surface area contributed by atoms with Gasteiger partial charge in [-0.2, -0.15) is 4.98 Å². The number of aromatic nitrogens is 3. The smallest absolute Gasteiger partial charge is 0.244 e. The van der Waals surface area contributed by atoms with Crippen LogP contribution in [0.2, 0.25) is 0 Å². The first-order valence-electron chi connectivity index (χ1n) is 6.23. The van der Waals surface area contributed by atoms with Crippen molar-refractivity contribution in [3.63, 3.8) is 0 Å². The van der Waals surface area contributed by atoms with E-state index in [4.69, 9.17) is 0 Å². The zero-order valence-electron chi connectivity index (χ0n) is 10.5. The van der Waals surface area contributed by atoms with Crippen molar-refractivity contribution in [2.45, 2.75) is 38.8 Å². The highest BCUT2D eigenvalue weighted by molar-refractivity contribution is 5.30. The first kappa shape index (κ1) is 12.3. The van der Waals surface area contributed by atoms with Crippen molar-refractivity contribution in [3.05, 3.63) is 5.82 Å². The molecule has 2 rings (SSSR count). The fraction of sp³-hybridized carbons (Fsp3) is 0.818. The summed E-state index contributed by atoms with van der Waals surface area (Å²) in [6.07, 6.45) is 1.17. The van der Waals surface area contributed by atoms with Gasteiger partial charge in [-0.25, -0.2) is 0 Å². The van der Waals surface area contributed by atoms with Gasteiger partial charge in [0.05, 0.1) is 6.10 Å². The Hall–Kier alpha value is -1.14. The van der Waals surface area contributed by atoms with Gasteiger partial charge in [-0.3, -0.25) is 5.10 Å². The maximum absolute atomic E-state index is 9.22. The molecule has 1 saturated heterocycles. The molecular weight excluding hydrogens is 218 g/mol. The van der Waals surface area contributed by atoms with Gasteiger partial charge in [0.15, 0.2) is 0 Å². The molecule has 0 saturated carbocycles. The summed E-state index contributed by atoms with van der Waals surface area (Å²) in [6.45, 7) is 6.80. The number of hydrogen-bond donors (Lipinski definition) is 3. The van der Waals surface area contributed by atoms with Crippen molar-refractivity contribution < 1.29 is 5.11 Å². The summed E-state index contributed by atoms with van der Waals surface area (Å²) < 4.78 is 0. The molecule has 0 bridgehead atoms. The molecular formula is C11H21N5O. The second kappa shape index (κ2) is 5.46. The lowest BCUT2D eigenvalue weighted by molar-refractivity contribution is 0.184. The highest BCUT2D eigenvalue weighted by Crippen LogP contribution is 2.11. The van der Waals surface area contributed by atoms with Crippen molar-refractivity contribution in [1.29, 1.82) is 0 Å². The van der Waals surface area contributed by atoms with E-state index in [1.54, 1.807) is 6.92 Å². The van der Waals surface area contributed by atoms with Gasteiger partial charge in [0.2, 0.25) is 5.95 Å². The van der Waals surface area contributed by atoms with E-state index in [1.807, 2.05) is 0 Å². The summed E-state index contributed by atoms with van der Waals surface area (Å²) in [5, 5.41) is 19.8. The molecule has 6 heteroatoms. The van der Waals surface area contributed by atoms with Gasteiger partial charge in [0, 0.05) is 32.1 Å². The van der Waals surface area contributed by atoms with Crippen LogP contribution in [0.15, 0.2) is 0 Å². The standard InChI is InChI=1S/C11H21N5O/c1-8-7-16(6-5-12-8)11-13-10(14-15-11)4-3-9(2)17/h8-9,12,17H,3-7H2,1-2H3,(H,13,14,15). The third-order valence-corrected chi connectivity index (χ3v) is 2.97. The van der Waals surface area contributed by atoms with Crippen LogP contribution in [0.25, 0.3) is 0 Å². The zero-order valence-corrected chi connectivity index (χ0v) is 10.5. The molecule has 0 aromatic carbocycles. The average Bonchev–Trinajstić information content (AvgIpc) is 2.75. The highest BCUT2D eigenvalue weighted by Gasteiger charge is 2.19. The van der Waals surface area contributed by atoms with Crippen LogP contribution in [-0.2, 0) is 6.42 Å². The van der Waals surface area contributed by atoms with Crippen molar-refractivity contribution in [2.75, 3.05) is 24.5 Å². The number of H-pyrrole nitrogens is 1. The van der Waals surface area contributed by atoms with Gasteiger partial charge in [-0.15, -0.1) is 5.10 Å². The molecule has 2 atom stereocenters. The van der Waals surface area contributed by atoms with Crippen molar-refractivity contribution in [3.8, 4) is 0 Å². The highest BCUT2D eigenvalue weighted by atomic mass is 16.3. The largest absolute Gasteiger partial charge is 0.393 e. The van der Waals surface area contributed by atoms with E-state index in [0.29, 0.717) is 12.5 Å². The van der Waals surface area contributed by atoms with E-state index in [1.165, 1.54) is 0 Å². The summed E-state index contributed by atoms with van der Waals surface area (Å²) in [4.78, 5) is 6.64. The topological polar surface area (TPSA) is 77.1 Å². The van der Waals surface area contributed by atoms with Gasteiger partial charge in [0.1, 0.15) is 5.82 Å². The molecule has 6 nitrogen and oxygen atoms in total. The van der Waals surface area contributed by atoms with Gasteiger partial charge in [0.25, 0.3) is 0 Å². The number of nitrogens with one attached hydrogen (secondary N) is 2. The van der Waals surface area contributed by atoms with Crippen LogP contribution in [0.3, 0.4) is 0 Å². The summed E-state index contributed by atoms with van der Waals surface area (Å²) >= 11 is 0. The third-order valence-electron chi connectivity index (χ3n) is 2.97. The minimum atomic E-state index is -0.289. The molecule has 3 N–H and O–H groups in total. The lowest BCUT2D eigenvalue weighted by Gasteiger charge is -2.30. The van der Waals surface area contributed by atoms with E-state index < -0.39 is 0 Å². The summed E-state index contributed by atoms with van der Waals surface area (Å²) in [7, 11) is 0. The maximum Gasteiger partial charge on any atom is 0.244 e. The molecule has 2 unspecified atom stereocenters. The molecule has 1 aromatic heterocycles. The van der Waals surface area contributed by atoms with E-state index in [-0.39, 0.29) is 6.10 Å². The Bertz CT molecular complexity index is 351. The van der Waals surface area contributed by atoms with E-state index in [9.17, 15) is 5.11 Å². The molecule has 0 radical (unpaired) electrons. The van der Waals surface area contributed by atoms with Crippen molar-refractivity contribution in [2.24, 2.45) is 0 Å². The van der Waals surface area contributed by atoms with Crippen LogP contribution in [0.1, 0.15) is 26.1 Å². The quantitative estimate of drug-likeness (QED) is 0.685. The van der Waals surface area contributed by atoms with Crippen molar-refractivity contribution >= 4 is 5.95 Å². The monoisotopic (exact) mass is 239 g/mol. The molecule has 1 fully saturated rings. The number of rotatable bonds is 4. The molecule has 2 heterocycles. The number of nitrogens with zero attached hydrogens (tertiary/aromatic N) is 3. The number of aliphatic hydroxyl groups excluding tert-OH is 1. The third kappa shape index (κ3) is 3.41. The second-order valence-electron chi connectivity index (χ2n) is 4.77. The first-order chi connectivity index (χ1) is 8.15. The van der Waals surface area contributed by atoms with Gasteiger partial charge >= 0.3 is 0 Å². The lowest BCUT2D eigenvalue weighted by Crippen LogP contribution is -2.49. The SMILES string of the molecule is CC(O)CCc1nc(N2CCNC(C)C2)n[nH]1. The average molecular weight is 239 g/mol. The number of piperazine rings is 1. The second-order valence-corrected chi connectivity index (χ2v) is 4.77. The van der Waals surface area contributed by atoms with Gasteiger partial charge < -0.3 is 15.3 Å². The van der Waals surface area contributed by atoms with Crippen LogP contribution in [0.5, 0.6) is 0 Å². The Labute approximate surface area is 101 Å². The van der Waals surface area contributed by atoms with Crippen molar-refractivity contribution in [1.82, 2.24) is 20.5 Å². The normalized spacial score (nSPS) is 22.8. The van der Waals surface area contributed by atoms with E-state index in [2.05, 4.69) is 32.3 Å². The first-order valence-corrected chi connectivity index (χ1v) is 6.23. The fourth-order valence-electron chi connectivity index (χ4n) is 2.00. The van der Waals surface area contributed by atoms with Crippen LogP contribution in [0, 0.1) is 0 Å². The maximum atomic E-state index is 9.22. The number of anilines is 1. The number of aromatic amines is 1. The molecule has 17 heavy (non-hydrogen) atoms. The van der Waals surface area contributed by atoms with Crippen LogP contribution in [0.4, 0.5) is 5.95 Å². The number of aryl methyl sites for hydroxylation is 1. The summed E-state index contributed by atoms with van der Waals surface area (Å²) in [6, 6.07) is 0.475. The fourth-order valence-corrected chi connectivity index (χ4v) is 2.00. The van der Waals surface area contributed by atoms with Crippen LogP contribution in [-0.4, -0.2) is 52.1 Å². The molecule has 0 spiro atoms. The predicted molar refractivity (Wildman–Crippen MR) is 66.1 cm³/mol. The lowest BCUT2D eigenvalue weighted by atomic mass is 10.2. The Kier molecular flexibility index (Phi) is 3.96. The molecule has 0 amide bonds. The molecule has 0 aliphatic carbocycles. The number of aliphatic hydroxyl groups is 1. The van der Waals surface area contributed by atoms with Gasteiger partial charge in [-0.05, 0) is 20.3 Å². The van der Waals surface area contributed by atoms with Crippen LogP contribution < -0.4 is 10.2 Å². The number of hydrogen-bond acceptors (Lipinski definition) is 5. The minimum absolute atomic E-state index is 0.289.